The molecule has 0 fully saturated rings. The van der Waals surface area contributed by atoms with E-state index in [9.17, 15) is 17.6 Å². The van der Waals surface area contributed by atoms with E-state index in [0.29, 0.717) is 3.57 Å². The molecule has 0 bridgehead atoms. The SMILES string of the molecule is FC(F)C(F)(F)COc1cnccc1I. The maximum atomic E-state index is 12.5. The average Bonchev–Trinajstić information content (AvgIpc) is 2.16. The molecule has 0 aliphatic carbocycles. The van der Waals surface area contributed by atoms with E-state index in [4.69, 9.17) is 0 Å². The van der Waals surface area contributed by atoms with Gasteiger partial charge in [-0.2, -0.15) is 8.78 Å². The van der Waals surface area contributed by atoms with Gasteiger partial charge in [-0.3, -0.25) is 4.98 Å². The predicted molar refractivity (Wildman–Crippen MR) is 53.4 cm³/mol. The Morgan fingerprint density at radius 3 is 2.67 bits per heavy atom. The number of ether oxygens (including phenoxy) is 1. The van der Waals surface area contributed by atoms with Crippen LogP contribution in [0.4, 0.5) is 17.6 Å². The van der Waals surface area contributed by atoms with Crippen molar-refractivity contribution in [2.45, 2.75) is 12.3 Å². The van der Waals surface area contributed by atoms with Crippen LogP contribution >= 0.6 is 22.6 Å². The number of aromatic nitrogens is 1. The summed E-state index contributed by atoms with van der Waals surface area (Å²) in [6.07, 6.45) is -1.09. The van der Waals surface area contributed by atoms with E-state index in [1.807, 2.05) is 22.6 Å². The first-order chi connectivity index (χ1) is 6.93. The minimum Gasteiger partial charge on any atom is -0.484 e. The Labute approximate surface area is 96.8 Å². The molecule has 1 aromatic rings. The number of halogens is 5. The third-order valence-electron chi connectivity index (χ3n) is 1.47. The van der Waals surface area contributed by atoms with Crippen molar-refractivity contribution in [3.8, 4) is 5.75 Å². The maximum absolute atomic E-state index is 12.5. The molecule has 0 amide bonds. The molecule has 0 unspecified atom stereocenters. The molecule has 0 aromatic carbocycles. The zero-order valence-corrected chi connectivity index (χ0v) is 9.42. The lowest BCUT2D eigenvalue weighted by atomic mass is 10.4. The number of hydrogen-bond acceptors (Lipinski definition) is 2. The topological polar surface area (TPSA) is 22.1 Å². The van der Waals surface area contributed by atoms with Gasteiger partial charge in [0.15, 0.2) is 12.4 Å². The number of nitrogens with zero attached hydrogens (tertiary/aromatic N) is 1. The fraction of sp³-hybridized carbons (Fsp3) is 0.375. The zero-order valence-electron chi connectivity index (χ0n) is 7.26. The van der Waals surface area contributed by atoms with E-state index in [-0.39, 0.29) is 5.75 Å². The number of rotatable bonds is 4. The fourth-order valence-corrected chi connectivity index (χ4v) is 1.16. The van der Waals surface area contributed by atoms with Crippen LogP contribution in [0.5, 0.6) is 5.75 Å². The van der Waals surface area contributed by atoms with Crippen molar-refractivity contribution in [1.82, 2.24) is 4.98 Å². The smallest absolute Gasteiger partial charge is 0.340 e. The molecular weight excluding hydrogens is 329 g/mol. The van der Waals surface area contributed by atoms with Crippen molar-refractivity contribution in [3.63, 3.8) is 0 Å². The van der Waals surface area contributed by atoms with E-state index in [1.54, 1.807) is 0 Å². The highest BCUT2D eigenvalue weighted by Gasteiger charge is 2.41. The molecule has 1 heterocycles. The third kappa shape index (κ3) is 3.47. The molecule has 0 atom stereocenters. The molecule has 2 nitrogen and oxygen atoms in total. The van der Waals surface area contributed by atoms with Gasteiger partial charge in [0.2, 0.25) is 0 Å². The molecule has 0 N–H and O–H groups in total. The number of hydrogen-bond donors (Lipinski definition) is 0. The van der Waals surface area contributed by atoms with Crippen LogP contribution in [0.15, 0.2) is 18.5 Å². The molecule has 1 rings (SSSR count). The summed E-state index contributed by atoms with van der Waals surface area (Å²) in [6.45, 7) is -1.35. The van der Waals surface area contributed by atoms with Crippen molar-refractivity contribution in [1.29, 1.82) is 0 Å². The molecule has 0 radical (unpaired) electrons. The van der Waals surface area contributed by atoms with Gasteiger partial charge in [0.1, 0.15) is 0 Å². The van der Waals surface area contributed by atoms with Gasteiger partial charge in [-0.1, -0.05) is 0 Å². The molecule has 84 valence electrons. The predicted octanol–water partition coefficient (Wildman–Crippen LogP) is 2.97. The summed E-state index contributed by atoms with van der Waals surface area (Å²) in [5.74, 6) is -4.07. The van der Waals surface area contributed by atoms with E-state index in [1.165, 1.54) is 18.5 Å². The average molecular weight is 335 g/mol. The summed E-state index contributed by atoms with van der Waals surface area (Å²) in [6, 6.07) is 1.52. The Morgan fingerprint density at radius 1 is 1.47 bits per heavy atom. The highest BCUT2D eigenvalue weighted by molar-refractivity contribution is 14.1. The third-order valence-corrected chi connectivity index (χ3v) is 2.36. The second-order valence-corrected chi connectivity index (χ2v) is 3.82. The van der Waals surface area contributed by atoms with Gasteiger partial charge < -0.3 is 4.74 Å². The van der Waals surface area contributed by atoms with Crippen molar-refractivity contribution < 1.29 is 22.3 Å². The second-order valence-electron chi connectivity index (χ2n) is 2.66. The standard InChI is InChI=1S/C8H6F4INO/c9-7(10)8(11,12)4-15-6-3-14-2-1-5(6)13/h1-3,7H,4H2. The first kappa shape index (κ1) is 12.5. The van der Waals surface area contributed by atoms with E-state index < -0.39 is 19.0 Å². The van der Waals surface area contributed by atoms with Crippen LogP contribution in [0.1, 0.15) is 0 Å². The van der Waals surface area contributed by atoms with Crippen molar-refractivity contribution in [2.24, 2.45) is 0 Å². The maximum Gasteiger partial charge on any atom is 0.340 e. The van der Waals surface area contributed by atoms with Gasteiger partial charge >= 0.3 is 12.3 Å². The lowest BCUT2D eigenvalue weighted by Crippen LogP contribution is -2.33. The minimum atomic E-state index is -4.14. The van der Waals surface area contributed by atoms with Gasteiger partial charge in [0.25, 0.3) is 0 Å². The monoisotopic (exact) mass is 335 g/mol. The van der Waals surface area contributed by atoms with Crippen LogP contribution in [-0.2, 0) is 0 Å². The lowest BCUT2D eigenvalue weighted by Gasteiger charge is -2.16. The van der Waals surface area contributed by atoms with Crippen LogP contribution in [-0.4, -0.2) is 23.9 Å². The fourth-order valence-electron chi connectivity index (χ4n) is 0.706. The number of alkyl halides is 4. The van der Waals surface area contributed by atoms with Crippen LogP contribution in [0, 0.1) is 3.57 Å². The molecule has 1 aromatic heterocycles. The molecule has 7 heteroatoms. The lowest BCUT2D eigenvalue weighted by molar-refractivity contribution is -0.148. The summed E-state index contributed by atoms with van der Waals surface area (Å²) in [4.78, 5) is 3.63. The normalized spacial score (nSPS) is 11.9. The summed E-state index contributed by atoms with van der Waals surface area (Å²) in [5.41, 5.74) is 0. The summed E-state index contributed by atoms with van der Waals surface area (Å²) in [5, 5.41) is 0. The van der Waals surface area contributed by atoms with E-state index in [0.717, 1.165) is 0 Å². The molecular formula is C8H6F4INO. The van der Waals surface area contributed by atoms with Gasteiger partial charge in [-0.25, -0.2) is 8.78 Å². The first-order valence-corrected chi connectivity index (χ1v) is 4.89. The molecule has 0 saturated heterocycles. The highest BCUT2D eigenvalue weighted by Crippen LogP contribution is 2.25. The van der Waals surface area contributed by atoms with Crippen molar-refractivity contribution >= 4 is 22.6 Å². The Kier molecular flexibility index (Phi) is 4.12. The van der Waals surface area contributed by atoms with Gasteiger partial charge in [-0.15, -0.1) is 0 Å². The van der Waals surface area contributed by atoms with E-state index >= 15 is 0 Å². The zero-order chi connectivity index (χ0) is 11.5. The quantitative estimate of drug-likeness (QED) is 0.624. The van der Waals surface area contributed by atoms with Crippen molar-refractivity contribution in [3.05, 3.63) is 22.0 Å². The highest BCUT2D eigenvalue weighted by atomic mass is 127. The van der Waals surface area contributed by atoms with Gasteiger partial charge in [-0.05, 0) is 28.7 Å². The van der Waals surface area contributed by atoms with Crippen LogP contribution in [0.2, 0.25) is 0 Å². The number of pyridine rings is 1. The molecule has 0 saturated carbocycles. The minimum absolute atomic E-state index is 0.0680. The summed E-state index contributed by atoms with van der Waals surface area (Å²) < 4.78 is 53.6. The van der Waals surface area contributed by atoms with Gasteiger partial charge in [0.05, 0.1) is 9.77 Å². The van der Waals surface area contributed by atoms with Crippen LogP contribution in [0.3, 0.4) is 0 Å². The van der Waals surface area contributed by atoms with Crippen molar-refractivity contribution in [2.75, 3.05) is 6.61 Å². The van der Waals surface area contributed by atoms with Gasteiger partial charge in [0, 0.05) is 6.20 Å². The summed E-state index contributed by atoms with van der Waals surface area (Å²) in [7, 11) is 0. The Balaban J connectivity index is 2.62. The Morgan fingerprint density at radius 2 is 2.13 bits per heavy atom. The Bertz CT molecular complexity index is 334. The summed E-state index contributed by atoms with van der Waals surface area (Å²) >= 11 is 1.83. The van der Waals surface area contributed by atoms with E-state index in [2.05, 4.69) is 9.72 Å². The second kappa shape index (κ2) is 4.95. The largest absolute Gasteiger partial charge is 0.484 e. The van der Waals surface area contributed by atoms with Crippen LogP contribution in [0.25, 0.3) is 0 Å². The molecule has 0 aliphatic heterocycles. The molecule has 0 aliphatic rings. The molecule has 15 heavy (non-hydrogen) atoms. The molecule has 0 spiro atoms. The Hall–Kier alpha value is -0.600. The first-order valence-electron chi connectivity index (χ1n) is 3.82. The van der Waals surface area contributed by atoms with Crippen LogP contribution < -0.4 is 4.74 Å².